The minimum Gasteiger partial charge on any atom is -0.480 e. The number of carbonyl (C=O) groups is 3. The van der Waals surface area contributed by atoms with Gasteiger partial charge in [-0.2, -0.15) is 0 Å². The van der Waals surface area contributed by atoms with Gasteiger partial charge in [0.25, 0.3) is 0 Å². The minimum absolute atomic E-state index is 0.0257. The summed E-state index contributed by atoms with van der Waals surface area (Å²) in [6.45, 7) is -0.692. The lowest BCUT2D eigenvalue weighted by molar-refractivity contribution is -0.145. The number of aliphatic carboxylic acids is 1. The van der Waals surface area contributed by atoms with Crippen LogP contribution in [0.25, 0.3) is 11.1 Å². The largest absolute Gasteiger partial charge is 0.480 e. The number of nitrogens with zero attached hydrogens (tertiary/aromatic N) is 1. The first kappa shape index (κ1) is 23.8. The number of amides is 2. The molecule has 1 fully saturated rings. The number of nitrogens with one attached hydrogen (secondary N) is 1. The minimum atomic E-state index is -1.15. The molecule has 3 N–H and O–H groups in total. The summed E-state index contributed by atoms with van der Waals surface area (Å²) < 4.78 is 5.63. The van der Waals surface area contributed by atoms with Crippen molar-refractivity contribution in [3.63, 3.8) is 0 Å². The molecule has 0 saturated heterocycles. The Morgan fingerprint density at radius 2 is 1.65 bits per heavy atom. The van der Waals surface area contributed by atoms with Crippen molar-refractivity contribution in [2.45, 2.75) is 37.6 Å². The first-order valence-corrected chi connectivity index (χ1v) is 11.7. The Morgan fingerprint density at radius 3 is 2.18 bits per heavy atom. The number of ether oxygens (including phenoxy) is 1. The molecule has 0 aromatic heterocycles. The molecule has 1 unspecified atom stereocenters. The summed E-state index contributed by atoms with van der Waals surface area (Å²) in [6.07, 6.45) is 2.19. The number of carbonyl (C=O) groups excluding carboxylic acids is 2. The highest BCUT2D eigenvalue weighted by Gasteiger charge is 2.33. The molecule has 8 heteroatoms. The Morgan fingerprint density at radius 1 is 1.03 bits per heavy atom. The van der Waals surface area contributed by atoms with Crippen LogP contribution in [0.2, 0.25) is 0 Å². The summed E-state index contributed by atoms with van der Waals surface area (Å²) in [7, 11) is 0. The van der Waals surface area contributed by atoms with Crippen molar-refractivity contribution in [1.29, 1.82) is 0 Å². The van der Waals surface area contributed by atoms with Crippen LogP contribution in [0.4, 0.5) is 4.79 Å². The van der Waals surface area contributed by atoms with Crippen LogP contribution < -0.4 is 5.32 Å². The number of aliphatic hydroxyl groups excluding tert-OH is 1. The predicted octanol–water partition coefficient (Wildman–Crippen LogP) is 2.99. The summed E-state index contributed by atoms with van der Waals surface area (Å²) in [5, 5.41) is 21.1. The molecular formula is C26H30N2O6. The van der Waals surface area contributed by atoms with Crippen LogP contribution in [0.1, 0.15) is 42.7 Å². The van der Waals surface area contributed by atoms with E-state index in [1.54, 1.807) is 0 Å². The van der Waals surface area contributed by atoms with Gasteiger partial charge in [-0.15, -0.1) is 0 Å². The number of aliphatic hydroxyl groups is 1. The second kappa shape index (κ2) is 10.7. The summed E-state index contributed by atoms with van der Waals surface area (Å²) in [5.41, 5.74) is 4.53. The van der Waals surface area contributed by atoms with Crippen LogP contribution >= 0.6 is 0 Å². The van der Waals surface area contributed by atoms with E-state index in [0.717, 1.165) is 46.4 Å². The topological polar surface area (TPSA) is 116 Å². The third-order valence-corrected chi connectivity index (χ3v) is 6.81. The molecule has 1 atom stereocenters. The van der Waals surface area contributed by atoms with Gasteiger partial charge in [0.05, 0.1) is 6.61 Å². The van der Waals surface area contributed by atoms with Crippen LogP contribution in [0.3, 0.4) is 0 Å². The number of hydrogen-bond donors (Lipinski definition) is 3. The SMILES string of the molecule is O=C(O)CN(CCO)C(=O)CC(NC(=O)OCC1c2ccccc2-c2ccccc21)C1CCC1. The van der Waals surface area contributed by atoms with Crippen molar-refractivity contribution in [2.24, 2.45) is 5.92 Å². The molecule has 4 rings (SSSR count). The van der Waals surface area contributed by atoms with Gasteiger partial charge in [0.2, 0.25) is 5.91 Å². The fourth-order valence-corrected chi connectivity index (χ4v) is 4.86. The van der Waals surface area contributed by atoms with Crippen LogP contribution in [0.15, 0.2) is 48.5 Å². The van der Waals surface area contributed by atoms with Gasteiger partial charge in [-0.05, 0) is 41.0 Å². The third kappa shape index (κ3) is 5.22. The molecule has 2 aromatic carbocycles. The molecule has 0 radical (unpaired) electrons. The van der Waals surface area contributed by atoms with Crippen LogP contribution in [0, 0.1) is 5.92 Å². The molecule has 2 aromatic rings. The Hall–Kier alpha value is -3.39. The van der Waals surface area contributed by atoms with E-state index >= 15 is 0 Å². The molecule has 2 amide bonds. The molecule has 0 bridgehead atoms. The number of fused-ring (bicyclic) bond motifs is 3. The van der Waals surface area contributed by atoms with Gasteiger partial charge in [-0.25, -0.2) is 4.79 Å². The van der Waals surface area contributed by atoms with Crippen molar-refractivity contribution in [3.8, 4) is 11.1 Å². The molecular weight excluding hydrogens is 436 g/mol. The normalized spacial score (nSPS) is 15.6. The van der Waals surface area contributed by atoms with E-state index in [-0.39, 0.29) is 38.0 Å². The average molecular weight is 467 g/mol. The van der Waals surface area contributed by atoms with E-state index in [2.05, 4.69) is 29.6 Å². The number of hydrogen-bond acceptors (Lipinski definition) is 5. The fourth-order valence-electron chi connectivity index (χ4n) is 4.86. The molecule has 8 nitrogen and oxygen atoms in total. The summed E-state index contributed by atoms with van der Waals surface area (Å²) in [4.78, 5) is 37.6. The first-order chi connectivity index (χ1) is 16.5. The summed E-state index contributed by atoms with van der Waals surface area (Å²) in [6, 6.07) is 15.8. The number of benzene rings is 2. The van der Waals surface area contributed by atoms with Gasteiger partial charge in [0.1, 0.15) is 13.2 Å². The maximum atomic E-state index is 12.7. The van der Waals surface area contributed by atoms with Crippen LogP contribution in [0.5, 0.6) is 0 Å². The summed E-state index contributed by atoms with van der Waals surface area (Å²) in [5.74, 6) is -1.47. The Labute approximate surface area is 198 Å². The highest BCUT2D eigenvalue weighted by molar-refractivity contribution is 5.82. The number of alkyl carbamates (subject to hydrolysis) is 1. The van der Waals surface area contributed by atoms with E-state index in [1.165, 1.54) is 0 Å². The second-order valence-corrected chi connectivity index (χ2v) is 8.90. The van der Waals surface area contributed by atoms with Gasteiger partial charge in [-0.3, -0.25) is 9.59 Å². The number of carboxylic acid groups (broad SMARTS) is 1. The lowest BCUT2D eigenvalue weighted by atomic mass is 9.78. The Bertz CT molecular complexity index is 1010. The molecule has 0 spiro atoms. The summed E-state index contributed by atoms with van der Waals surface area (Å²) >= 11 is 0. The van der Waals surface area contributed by atoms with E-state index in [4.69, 9.17) is 9.84 Å². The molecule has 180 valence electrons. The zero-order valence-electron chi connectivity index (χ0n) is 19.0. The van der Waals surface area contributed by atoms with E-state index in [1.807, 2.05) is 24.3 Å². The maximum absolute atomic E-state index is 12.7. The van der Waals surface area contributed by atoms with Crippen molar-refractivity contribution in [3.05, 3.63) is 59.7 Å². The second-order valence-electron chi connectivity index (χ2n) is 8.90. The van der Waals surface area contributed by atoms with Gasteiger partial charge in [0, 0.05) is 24.9 Å². The Kier molecular flexibility index (Phi) is 7.47. The molecule has 0 aliphatic heterocycles. The molecule has 2 aliphatic rings. The lowest BCUT2D eigenvalue weighted by Gasteiger charge is -2.34. The standard InChI is InChI=1S/C26H30N2O6/c29-13-12-28(15-25(31)32)24(30)14-23(17-6-5-7-17)27-26(33)34-16-22-20-10-3-1-8-18(20)19-9-2-4-11-21(19)22/h1-4,8-11,17,22-23,29H,5-7,12-16H2,(H,27,33)(H,31,32). The van der Waals surface area contributed by atoms with Gasteiger partial charge < -0.3 is 25.2 Å². The highest BCUT2D eigenvalue weighted by atomic mass is 16.5. The van der Waals surface area contributed by atoms with Crippen molar-refractivity contribution in [1.82, 2.24) is 10.2 Å². The zero-order valence-corrected chi connectivity index (χ0v) is 19.0. The molecule has 0 heterocycles. The van der Waals surface area contributed by atoms with Crippen LogP contribution in [-0.4, -0.2) is 65.4 Å². The van der Waals surface area contributed by atoms with Crippen molar-refractivity contribution < 1.29 is 29.3 Å². The lowest BCUT2D eigenvalue weighted by Crippen LogP contribution is -2.48. The monoisotopic (exact) mass is 466 g/mol. The average Bonchev–Trinajstić information content (AvgIpc) is 3.09. The molecule has 2 aliphatic carbocycles. The fraction of sp³-hybridized carbons (Fsp3) is 0.423. The first-order valence-electron chi connectivity index (χ1n) is 11.7. The third-order valence-electron chi connectivity index (χ3n) is 6.81. The number of carboxylic acids is 1. The molecule has 34 heavy (non-hydrogen) atoms. The van der Waals surface area contributed by atoms with E-state index in [0.29, 0.717) is 0 Å². The van der Waals surface area contributed by atoms with Crippen molar-refractivity contribution in [2.75, 3.05) is 26.3 Å². The predicted molar refractivity (Wildman–Crippen MR) is 125 cm³/mol. The van der Waals surface area contributed by atoms with Gasteiger partial charge in [-0.1, -0.05) is 55.0 Å². The van der Waals surface area contributed by atoms with Gasteiger partial charge in [0.15, 0.2) is 0 Å². The Balaban J connectivity index is 1.39. The van der Waals surface area contributed by atoms with E-state index < -0.39 is 30.6 Å². The quantitative estimate of drug-likeness (QED) is 0.496. The maximum Gasteiger partial charge on any atom is 0.407 e. The molecule has 1 saturated carbocycles. The van der Waals surface area contributed by atoms with Gasteiger partial charge >= 0.3 is 12.1 Å². The van der Waals surface area contributed by atoms with E-state index in [9.17, 15) is 19.5 Å². The highest BCUT2D eigenvalue weighted by Crippen LogP contribution is 2.44. The van der Waals surface area contributed by atoms with Crippen molar-refractivity contribution >= 4 is 18.0 Å². The zero-order chi connectivity index (χ0) is 24.1. The smallest absolute Gasteiger partial charge is 0.407 e. The number of rotatable bonds is 10. The van der Waals surface area contributed by atoms with Crippen LogP contribution in [-0.2, 0) is 14.3 Å².